The van der Waals surface area contributed by atoms with Gasteiger partial charge in [0.1, 0.15) is 6.10 Å². The maximum absolute atomic E-state index is 12.8. The van der Waals surface area contributed by atoms with Crippen LogP contribution in [0.15, 0.2) is 0 Å². The van der Waals surface area contributed by atoms with Crippen molar-refractivity contribution in [3.05, 3.63) is 0 Å². The lowest BCUT2D eigenvalue weighted by Gasteiger charge is -2.42. The van der Waals surface area contributed by atoms with Crippen LogP contribution < -0.4 is 0 Å². The van der Waals surface area contributed by atoms with Crippen LogP contribution in [0.5, 0.6) is 0 Å². The van der Waals surface area contributed by atoms with Crippen molar-refractivity contribution in [2.45, 2.75) is 122 Å². The van der Waals surface area contributed by atoms with E-state index in [-0.39, 0.29) is 12.1 Å². The fourth-order valence-corrected chi connectivity index (χ4v) is 7.95. The highest BCUT2D eigenvalue weighted by molar-refractivity contribution is 5.69. The summed E-state index contributed by atoms with van der Waals surface area (Å²) in [5.74, 6) is 1.65. The lowest BCUT2D eigenvalue weighted by Crippen LogP contribution is -2.51. The van der Waals surface area contributed by atoms with Crippen LogP contribution in [0, 0.1) is 11.8 Å². The van der Waals surface area contributed by atoms with Gasteiger partial charge in [0.05, 0.1) is 52.4 Å². The van der Waals surface area contributed by atoms with Crippen LogP contribution in [0.3, 0.4) is 0 Å². The summed E-state index contributed by atoms with van der Waals surface area (Å²) in [6.45, 7) is 13.5. The second kappa shape index (κ2) is 13.1. The largest absolute Gasteiger partial charge is 0.462 e. The van der Waals surface area contributed by atoms with Crippen molar-refractivity contribution < 1.29 is 18.5 Å². The van der Waals surface area contributed by atoms with Crippen molar-refractivity contribution in [3.63, 3.8) is 0 Å². The Labute approximate surface area is 211 Å². The minimum absolute atomic E-state index is 0.0956. The van der Waals surface area contributed by atoms with E-state index in [9.17, 15) is 4.79 Å². The van der Waals surface area contributed by atoms with Crippen LogP contribution in [0.25, 0.3) is 0 Å². The summed E-state index contributed by atoms with van der Waals surface area (Å²) in [6.07, 6.45) is 21.7. The number of ether oxygens (including phenoxy) is 1. The fourth-order valence-electron chi connectivity index (χ4n) is 7.95. The molecule has 0 amide bonds. The first-order valence-corrected chi connectivity index (χ1v) is 15.5. The molecule has 0 bridgehead atoms. The van der Waals surface area contributed by atoms with Gasteiger partial charge in [-0.25, -0.2) is 0 Å². The first kappa shape index (κ1) is 26.5. The second-order valence-electron chi connectivity index (χ2n) is 12.9. The Morgan fingerprint density at radius 1 is 0.676 bits per heavy atom. The summed E-state index contributed by atoms with van der Waals surface area (Å²) in [7, 11) is 0. The molecule has 4 fully saturated rings. The van der Waals surface area contributed by atoms with Crippen LogP contribution in [-0.4, -0.2) is 73.4 Å². The fraction of sp³-hybridized carbons (Fsp3) is 0.967. The van der Waals surface area contributed by atoms with Crippen LogP contribution >= 0.6 is 0 Å². The molecule has 4 saturated heterocycles. The molecule has 0 atom stereocenters. The monoisotopic (exact) mass is 476 g/mol. The van der Waals surface area contributed by atoms with Gasteiger partial charge in [-0.05, 0) is 56.8 Å². The first-order valence-electron chi connectivity index (χ1n) is 15.5. The van der Waals surface area contributed by atoms with Gasteiger partial charge in [0.2, 0.25) is 0 Å². The summed E-state index contributed by atoms with van der Waals surface area (Å²) in [5, 5.41) is 0. The molecule has 0 unspecified atom stereocenters. The standard InChI is InChI=1S/C30H56N2O2/c1-2-3-4-5-6-7-12-30(33)34-29(25-27-13-21-31(22-14-27)17-8-9-18-31)26-28-15-23-32(24-16-28)19-10-11-20-32/h27-29H,2-26H2,1H3/q+2. The molecule has 4 aliphatic rings. The summed E-state index contributed by atoms with van der Waals surface area (Å²) < 4.78 is 9.08. The quantitative estimate of drug-likeness (QED) is 0.183. The number of rotatable bonds is 12. The zero-order valence-electron chi connectivity index (χ0n) is 22.6. The molecule has 4 rings (SSSR count). The number of nitrogens with zero attached hydrogens (tertiary/aromatic N) is 2. The molecule has 0 aromatic carbocycles. The second-order valence-corrected chi connectivity index (χ2v) is 12.9. The van der Waals surface area contributed by atoms with Crippen molar-refractivity contribution in [1.29, 1.82) is 0 Å². The molecule has 0 N–H and O–H groups in total. The van der Waals surface area contributed by atoms with Gasteiger partial charge in [-0.15, -0.1) is 0 Å². The van der Waals surface area contributed by atoms with Crippen LogP contribution in [0.2, 0.25) is 0 Å². The molecule has 4 aliphatic heterocycles. The topological polar surface area (TPSA) is 26.3 Å². The van der Waals surface area contributed by atoms with Gasteiger partial charge in [0.15, 0.2) is 0 Å². The first-order chi connectivity index (χ1) is 16.6. The summed E-state index contributed by atoms with van der Waals surface area (Å²) in [5.41, 5.74) is 0. The molecule has 34 heavy (non-hydrogen) atoms. The molecule has 4 heterocycles. The Balaban J connectivity index is 1.24. The third kappa shape index (κ3) is 7.69. The number of hydrogen-bond donors (Lipinski definition) is 0. The lowest BCUT2D eigenvalue weighted by atomic mass is 9.84. The molecule has 4 heteroatoms. The highest BCUT2D eigenvalue weighted by Gasteiger charge is 2.39. The van der Waals surface area contributed by atoms with Crippen molar-refractivity contribution in [2.24, 2.45) is 11.8 Å². The van der Waals surface area contributed by atoms with Crippen LogP contribution in [0.1, 0.15) is 116 Å². The SMILES string of the molecule is CCCCCCCCC(=O)OC(CC1CC[N+]2(CCCC2)CC1)CC1CC[N+]2(CCCC2)CC1. The highest BCUT2D eigenvalue weighted by atomic mass is 16.5. The zero-order valence-corrected chi connectivity index (χ0v) is 22.6. The highest BCUT2D eigenvalue weighted by Crippen LogP contribution is 2.35. The Kier molecular flexibility index (Phi) is 10.2. The number of hydrogen-bond acceptors (Lipinski definition) is 2. The lowest BCUT2D eigenvalue weighted by molar-refractivity contribution is -0.922. The van der Waals surface area contributed by atoms with Crippen molar-refractivity contribution in [3.8, 4) is 0 Å². The minimum atomic E-state index is 0.0956. The van der Waals surface area contributed by atoms with E-state index in [1.807, 2.05) is 0 Å². The number of unbranched alkanes of at least 4 members (excludes halogenated alkanes) is 5. The van der Waals surface area contributed by atoms with Crippen molar-refractivity contribution in [1.82, 2.24) is 0 Å². The number of carbonyl (C=O) groups excluding carboxylic acids is 1. The molecule has 196 valence electrons. The zero-order chi connectivity index (χ0) is 23.7. The molecular formula is C30H56N2O2+2. The molecule has 0 radical (unpaired) electrons. The molecule has 2 spiro atoms. The van der Waals surface area contributed by atoms with Gasteiger partial charge >= 0.3 is 5.97 Å². The normalized spacial score (nSPS) is 27.4. The number of quaternary nitrogens is 2. The van der Waals surface area contributed by atoms with Crippen LogP contribution in [-0.2, 0) is 9.53 Å². The Morgan fingerprint density at radius 2 is 1.12 bits per heavy atom. The Hall–Kier alpha value is -0.610. The van der Waals surface area contributed by atoms with E-state index < -0.39 is 0 Å². The summed E-state index contributed by atoms with van der Waals surface area (Å²) >= 11 is 0. The predicted octanol–water partition coefficient (Wildman–Crippen LogP) is 6.47. The summed E-state index contributed by atoms with van der Waals surface area (Å²) in [4.78, 5) is 12.8. The molecule has 4 nitrogen and oxygen atoms in total. The van der Waals surface area contributed by atoms with E-state index in [1.54, 1.807) is 0 Å². The molecular weight excluding hydrogens is 420 g/mol. The van der Waals surface area contributed by atoms with Crippen molar-refractivity contribution in [2.75, 3.05) is 52.4 Å². The van der Waals surface area contributed by atoms with Gasteiger partial charge in [-0.1, -0.05) is 39.0 Å². The van der Waals surface area contributed by atoms with E-state index in [2.05, 4.69) is 6.92 Å². The third-order valence-electron chi connectivity index (χ3n) is 10.3. The Morgan fingerprint density at radius 3 is 1.59 bits per heavy atom. The van der Waals surface area contributed by atoms with Crippen LogP contribution in [0.4, 0.5) is 0 Å². The van der Waals surface area contributed by atoms with Gasteiger partial charge in [0.25, 0.3) is 0 Å². The molecule has 0 aromatic heterocycles. The van der Waals surface area contributed by atoms with Gasteiger partial charge in [0, 0.05) is 32.1 Å². The van der Waals surface area contributed by atoms with Gasteiger partial charge < -0.3 is 13.7 Å². The Bertz CT molecular complexity index is 551. The smallest absolute Gasteiger partial charge is 0.306 e. The third-order valence-corrected chi connectivity index (χ3v) is 10.3. The average Bonchev–Trinajstić information content (AvgIpc) is 3.50. The van der Waals surface area contributed by atoms with Gasteiger partial charge in [-0.3, -0.25) is 4.79 Å². The maximum atomic E-state index is 12.8. The molecule has 0 aliphatic carbocycles. The number of esters is 1. The molecule has 0 aromatic rings. The van der Waals surface area contributed by atoms with E-state index in [0.717, 1.165) is 31.1 Å². The number of piperidine rings is 2. The summed E-state index contributed by atoms with van der Waals surface area (Å²) in [6, 6.07) is 0. The minimum Gasteiger partial charge on any atom is -0.462 e. The van der Waals surface area contributed by atoms with E-state index >= 15 is 0 Å². The van der Waals surface area contributed by atoms with E-state index in [0.29, 0.717) is 6.42 Å². The maximum Gasteiger partial charge on any atom is 0.306 e. The predicted molar refractivity (Wildman–Crippen MR) is 140 cm³/mol. The molecule has 0 saturated carbocycles. The van der Waals surface area contributed by atoms with Crippen molar-refractivity contribution >= 4 is 5.97 Å². The van der Waals surface area contributed by atoms with E-state index in [1.165, 1.54) is 145 Å². The average molecular weight is 477 g/mol. The van der Waals surface area contributed by atoms with E-state index in [4.69, 9.17) is 4.74 Å². The number of carbonyl (C=O) groups is 1. The van der Waals surface area contributed by atoms with Gasteiger partial charge in [-0.2, -0.15) is 0 Å².